The van der Waals surface area contributed by atoms with Gasteiger partial charge in [-0.25, -0.2) is 0 Å². The Morgan fingerprint density at radius 1 is 1.67 bits per heavy atom. The molecule has 0 saturated carbocycles. The van der Waals surface area contributed by atoms with Crippen LogP contribution in [0.4, 0.5) is 5.69 Å². The van der Waals surface area contributed by atoms with E-state index in [0.717, 1.165) is 0 Å². The van der Waals surface area contributed by atoms with Crippen molar-refractivity contribution in [1.82, 2.24) is 4.57 Å². The van der Waals surface area contributed by atoms with Crippen LogP contribution >= 0.6 is 0 Å². The average molecular weight is 256 g/mol. The van der Waals surface area contributed by atoms with Crippen LogP contribution in [0.2, 0.25) is 0 Å². The van der Waals surface area contributed by atoms with E-state index in [4.69, 9.17) is 14.9 Å². The topological polar surface area (TPSA) is 115 Å². The number of carboxylic acid groups (broad SMARTS) is 1. The number of hydrogen-bond donors (Lipinski definition) is 2. The Hall–Kier alpha value is -1.93. The van der Waals surface area contributed by atoms with Gasteiger partial charge in [0.1, 0.15) is 6.23 Å². The van der Waals surface area contributed by atoms with Gasteiger partial charge in [-0.15, -0.1) is 0 Å². The van der Waals surface area contributed by atoms with E-state index in [0.29, 0.717) is 0 Å². The van der Waals surface area contributed by atoms with Crippen LogP contribution in [0.25, 0.3) is 0 Å². The molecule has 8 nitrogen and oxygen atoms in total. The van der Waals surface area contributed by atoms with Crippen LogP contribution in [-0.4, -0.2) is 38.4 Å². The molecule has 8 heteroatoms. The predicted molar refractivity (Wildman–Crippen MR) is 57.8 cm³/mol. The van der Waals surface area contributed by atoms with Crippen LogP contribution < -0.4 is 0 Å². The molecule has 1 aliphatic heterocycles. The first kappa shape index (κ1) is 12.5. The van der Waals surface area contributed by atoms with Gasteiger partial charge in [-0.1, -0.05) is 0 Å². The van der Waals surface area contributed by atoms with Crippen molar-refractivity contribution in [2.45, 2.75) is 18.8 Å². The van der Waals surface area contributed by atoms with Crippen LogP contribution in [-0.2, 0) is 9.53 Å². The summed E-state index contributed by atoms with van der Waals surface area (Å²) in [6.45, 7) is -0.392. The molecule has 1 aliphatic rings. The fourth-order valence-electron chi connectivity index (χ4n) is 2.03. The van der Waals surface area contributed by atoms with E-state index in [1.54, 1.807) is 0 Å². The lowest BCUT2D eigenvalue weighted by molar-refractivity contribution is -0.384. The number of aromatic nitrogens is 1. The number of ether oxygens (including phenoxy) is 1. The molecule has 1 aromatic heterocycles. The lowest BCUT2D eigenvalue weighted by atomic mass is 10.0. The van der Waals surface area contributed by atoms with Crippen LogP contribution in [0.3, 0.4) is 0 Å². The Kier molecular flexibility index (Phi) is 3.30. The third kappa shape index (κ3) is 2.20. The second-order valence-electron chi connectivity index (χ2n) is 4.07. The summed E-state index contributed by atoms with van der Waals surface area (Å²) in [5.74, 6) is -1.85. The van der Waals surface area contributed by atoms with E-state index in [-0.39, 0.29) is 12.1 Å². The fraction of sp³-hybridized carbons (Fsp3) is 0.500. The third-order valence-electron chi connectivity index (χ3n) is 2.98. The fourth-order valence-corrected chi connectivity index (χ4v) is 2.03. The minimum atomic E-state index is -1.04. The minimum Gasteiger partial charge on any atom is -0.481 e. The van der Waals surface area contributed by atoms with Crippen molar-refractivity contribution in [3.63, 3.8) is 0 Å². The standard InChI is InChI=1S/C10H12N2O6/c13-5-8-7(10(14)15)3-9(18-8)11-2-1-6(4-11)12(16)17/h1-2,4,7-9,13H,3,5H2,(H,14,15)/t7-,8+,9+/m0/s1. The van der Waals surface area contributed by atoms with Gasteiger partial charge in [-0.05, 0) is 0 Å². The second kappa shape index (κ2) is 4.75. The highest BCUT2D eigenvalue weighted by Crippen LogP contribution is 2.34. The van der Waals surface area contributed by atoms with Crippen molar-refractivity contribution >= 4 is 11.7 Å². The van der Waals surface area contributed by atoms with E-state index < -0.39 is 35.7 Å². The molecule has 2 N–H and O–H groups in total. The number of hydrogen-bond acceptors (Lipinski definition) is 5. The van der Waals surface area contributed by atoms with Gasteiger partial charge in [0.2, 0.25) is 0 Å². The Bertz CT molecular complexity index is 471. The van der Waals surface area contributed by atoms with Crippen molar-refractivity contribution < 1.29 is 24.7 Å². The summed E-state index contributed by atoms with van der Waals surface area (Å²) in [7, 11) is 0. The van der Waals surface area contributed by atoms with E-state index >= 15 is 0 Å². The highest BCUT2D eigenvalue weighted by atomic mass is 16.6. The summed E-state index contributed by atoms with van der Waals surface area (Å²) in [5.41, 5.74) is -0.0853. The Morgan fingerprint density at radius 2 is 2.39 bits per heavy atom. The molecule has 1 aromatic rings. The lowest BCUT2D eigenvalue weighted by Gasteiger charge is -2.13. The molecule has 0 bridgehead atoms. The van der Waals surface area contributed by atoms with Gasteiger partial charge in [-0.2, -0.15) is 0 Å². The van der Waals surface area contributed by atoms with Crippen LogP contribution in [0.1, 0.15) is 12.6 Å². The van der Waals surface area contributed by atoms with Crippen LogP contribution in [0, 0.1) is 16.0 Å². The number of nitro groups is 1. The van der Waals surface area contributed by atoms with Gasteiger partial charge in [0.25, 0.3) is 5.69 Å². The summed E-state index contributed by atoms with van der Waals surface area (Å²) in [6.07, 6.45) is 1.53. The third-order valence-corrected chi connectivity index (χ3v) is 2.98. The molecule has 2 rings (SSSR count). The van der Waals surface area contributed by atoms with E-state index in [1.165, 1.54) is 23.0 Å². The molecule has 18 heavy (non-hydrogen) atoms. The quantitative estimate of drug-likeness (QED) is 0.594. The van der Waals surface area contributed by atoms with Gasteiger partial charge in [0, 0.05) is 18.7 Å². The summed E-state index contributed by atoms with van der Waals surface area (Å²) in [4.78, 5) is 21.0. The van der Waals surface area contributed by atoms with Crippen molar-refractivity contribution in [2.24, 2.45) is 5.92 Å². The lowest BCUT2D eigenvalue weighted by Crippen LogP contribution is -2.26. The van der Waals surface area contributed by atoms with Gasteiger partial charge >= 0.3 is 5.97 Å². The van der Waals surface area contributed by atoms with Crippen molar-refractivity contribution in [3.8, 4) is 0 Å². The molecule has 0 spiro atoms. The summed E-state index contributed by atoms with van der Waals surface area (Å²) >= 11 is 0. The number of aliphatic carboxylic acids is 1. The molecule has 0 unspecified atom stereocenters. The summed E-state index contributed by atoms with van der Waals surface area (Å²) < 4.78 is 6.82. The average Bonchev–Trinajstić information content (AvgIpc) is 2.95. The molecular formula is C10H12N2O6. The maximum atomic E-state index is 11.0. The van der Waals surface area contributed by atoms with Gasteiger partial charge in [0.05, 0.1) is 29.7 Å². The molecule has 1 saturated heterocycles. The van der Waals surface area contributed by atoms with E-state index in [2.05, 4.69) is 0 Å². The molecule has 0 amide bonds. The Labute approximate surface area is 102 Å². The van der Waals surface area contributed by atoms with Gasteiger partial charge in [-0.3, -0.25) is 14.9 Å². The highest BCUT2D eigenvalue weighted by Gasteiger charge is 2.40. The molecule has 3 atom stereocenters. The SMILES string of the molecule is O=C(O)[C@H]1C[C@H](n2ccc([N+](=O)[O-])c2)O[C@@H]1CO. The Morgan fingerprint density at radius 3 is 2.83 bits per heavy atom. The number of carbonyl (C=O) groups is 1. The molecule has 0 radical (unpaired) electrons. The number of nitrogens with zero attached hydrogens (tertiary/aromatic N) is 2. The Balaban J connectivity index is 2.15. The van der Waals surface area contributed by atoms with Crippen LogP contribution in [0.5, 0.6) is 0 Å². The van der Waals surface area contributed by atoms with E-state index in [1.807, 2.05) is 0 Å². The molecule has 2 heterocycles. The molecule has 98 valence electrons. The normalized spacial score (nSPS) is 27.3. The minimum absolute atomic E-state index is 0.0853. The van der Waals surface area contributed by atoms with Gasteiger partial charge in [0.15, 0.2) is 0 Å². The largest absolute Gasteiger partial charge is 0.481 e. The van der Waals surface area contributed by atoms with E-state index in [9.17, 15) is 14.9 Å². The van der Waals surface area contributed by atoms with Crippen molar-refractivity contribution in [1.29, 1.82) is 0 Å². The highest BCUT2D eigenvalue weighted by molar-refractivity contribution is 5.71. The maximum Gasteiger partial charge on any atom is 0.309 e. The smallest absolute Gasteiger partial charge is 0.309 e. The van der Waals surface area contributed by atoms with Crippen molar-refractivity contribution in [2.75, 3.05) is 6.61 Å². The molecule has 1 fully saturated rings. The molecular weight excluding hydrogens is 244 g/mol. The first-order valence-corrected chi connectivity index (χ1v) is 5.34. The zero-order valence-electron chi connectivity index (χ0n) is 9.30. The van der Waals surface area contributed by atoms with Gasteiger partial charge < -0.3 is 19.5 Å². The first-order valence-electron chi connectivity index (χ1n) is 5.34. The first-order chi connectivity index (χ1) is 8.52. The number of carboxylic acids is 1. The van der Waals surface area contributed by atoms with Crippen LogP contribution in [0.15, 0.2) is 18.5 Å². The monoisotopic (exact) mass is 256 g/mol. The zero-order valence-corrected chi connectivity index (χ0v) is 9.30. The number of aliphatic hydroxyl groups is 1. The summed E-state index contributed by atoms with van der Waals surface area (Å²) in [5, 5.41) is 28.5. The maximum absolute atomic E-state index is 11.0. The second-order valence-corrected chi connectivity index (χ2v) is 4.07. The van der Waals surface area contributed by atoms with Crippen molar-refractivity contribution in [3.05, 3.63) is 28.6 Å². The predicted octanol–water partition coefficient (Wildman–Crippen LogP) is 0.377. The molecule has 0 aromatic carbocycles. The molecule has 0 aliphatic carbocycles. The zero-order chi connectivity index (χ0) is 13.3. The number of aliphatic hydroxyl groups excluding tert-OH is 1. The number of rotatable bonds is 4. The summed E-state index contributed by atoms with van der Waals surface area (Å²) in [6, 6.07) is 1.31.